The predicted molar refractivity (Wildman–Crippen MR) is 81.5 cm³/mol. The van der Waals surface area contributed by atoms with Gasteiger partial charge in [0.2, 0.25) is 0 Å². The highest BCUT2D eigenvalue weighted by molar-refractivity contribution is 7.87. The Hall–Kier alpha value is -1.52. The summed E-state index contributed by atoms with van der Waals surface area (Å²) in [4.78, 5) is 9.87. The molecule has 130 valence electrons. The van der Waals surface area contributed by atoms with E-state index < -0.39 is 28.2 Å². The summed E-state index contributed by atoms with van der Waals surface area (Å²) >= 11 is 0. The van der Waals surface area contributed by atoms with Crippen LogP contribution in [0.1, 0.15) is 13.8 Å². The number of nitrogens with two attached hydrogens (primary N) is 1. The van der Waals surface area contributed by atoms with Crippen molar-refractivity contribution in [2.24, 2.45) is 5.73 Å². The molecule has 2 N–H and O–H groups in total. The van der Waals surface area contributed by atoms with Crippen LogP contribution in [0.4, 0.5) is 5.69 Å². The fourth-order valence-corrected chi connectivity index (χ4v) is 3.80. The highest BCUT2D eigenvalue weighted by Crippen LogP contribution is 2.48. The Balaban J connectivity index is 2.85. The molecule has 1 aromatic carbocycles. The van der Waals surface area contributed by atoms with E-state index in [9.17, 15) is 23.1 Å². The summed E-state index contributed by atoms with van der Waals surface area (Å²) in [6.07, 6.45) is -0.0679. The molecule has 0 fully saturated rings. The third-order valence-electron chi connectivity index (χ3n) is 2.52. The van der Waals surface area contributed by atoms with Gasteiger partial charge in [-0.2, -0.15) is 8.42 Å². The molecule has 0 amide bonds. The van der Waals surface area contributed by atoms with Crippen LogP contribution in [0.5, 0.6) is 5.75 Å². The van der Waals surface area contributed by atoms with Gasteiger partial charge in [0.1, 0.15) is 5.75 Å². The van der Waals surface area contributed by atoms with Crippen LogP contribution in [-0.2, 0) is 23.7 Å². The highest BCUT2D eigenvalue weighted by Gasteiger charge is 2.33. The SMILES string of the molecule is CCOP(=O)(CC)OC(N)S(=O)(=O)Oc1ccc([N+](=O)[O-])cc1. The second kappa shape index (κ2) is 7.84. The molecule has 1 rings (SSSR count). The van der Waals surface area contributed by atoms with Crippen molar-refractivity contribution in [1.29, 1.82) is 0 Å². The van der Waals surface area contributed by atoms with Gasteiger partial charge in [0.15, 0.2) is 0 Å². The zero-order valence-electron chi connectivity index (χ0n) is 12.4. The van der Waals surface area contributed by atoms with Crippen LogP contribution in [0.3, 0.4) is 0 Å². The molecule has 12 heteroatoms. The summed E-state index contributed by atoms with van der Waals surface area (Å²) < 4.78 is 50.4. The molecular weight excluding hydrogens is 351 g/mol. The van der Waals surface area contributed by atoms with Crippen LogP contribution in [-0.4, -0.2) is 31.7 Å². The Labute approximate surface area is 133 Å². The average Bonchev–Trinajstić information content (AvgIpc) is 2.47. The van der Waals surface area contributed by atoms with Gasteiger partial charge in [-0.15, -0.1) is 0 Å². The normalized spacial score (nSPS) is 15.6. The largest absolute Gasteiger partial charge is 0.380 e. The van der Waals surface area contributed by atoms with Crippen LogP contribution in [0.15, 0.2) is 24.3 Å². The van der Waals surface area contributed by atoms with Gasteiger partial charge in [-0.1, -0.05) is 6.92 Å². The first kappa shape index (κ1) is 19.5. The molecule has 0 aliphatic carbocycles. The molecule has 2 unspecified atom stereocenters. The Morgan fingerprint density at radius 3 is 2.30 bits per heavy atom. The molecule has 10 nitrogen and oxygen atoms in total. The zero-order valence-corrected chi connectivity index (χ0v) is 14.2. The number of rotatable bonds is 9. The lowest BCUT2D eigenvalue weighted by atomic mass is 10.3. The van der Waals surface area contributed by atoms with Gasteiger partial charge in [0.05, 0.1) is 11.5 Å². The first-order valence-electron chi connectivity index (χ1n) is 6.49. The first-order chi connectivity index (χ1) is 10.6. The molecule has 0 aliphatic rings. The summed E-state index contributed by atoms with van der Waals surface area (Å²) in [6.45, 7) is 3.12. The highest BCUT2D eigenvalue weighted by atomic mass is 32.2. The molecule has 0 bridgehead atoms. The third-order valence-corrected chi connectivity index (χ3v) is 5.73. The standard InChI is InChI=1S/C11H17N2O8PS/c1-3-19-22(16,4-2)20-11(12)23(17,18)21-10-7-5-9(6-8-10)13(14)15/h5-8,11H,3-4,12H2,1-2H3. The van der Waals surface area contributed by atoms with Crippen molar-refractivity contribution < 1.29 is 31.1 Å². The van der Waals surface area contributed by atoms with Crippen LogP contribution >= 0.6 is 7.60 Å². The zero-order chi connectivity index (χ0) is 17.7. The summed E-state index contributed by atoms with van der Waals surface area (Å²) in [5.74, 6) is -0.197. The molecule has 0 saturated heterocycles. The van der Waals surface area contributed by atoms with Crippen molar-refractivity contribution in [3.63, 3.8) is 0 Å². The van der Waals surface area contributed by atoms with Gasteiger partial charge in [0.25, 0.3) is 11.2 Å². The smallest absolute Gasteiger partial charge is 0.351 e. The van der Waals surface area contributed by atoms with E-state index in [-0.39, 0.29) is 24.2 Å². The average molecular weight is 368 g/mol. The van der Waals surface area contributed by atoms with Crippen LogP contribution < -0.4 is 9.92 Å². The van der Waals surface area contributed by atoms with E-state index in [0.29, 0.717) is 0 Å². The number of hydrogen-bond acceptors (Lipinski definition) is 9. The Morgan fingerprint density at radius 1 is 1.30 bits per heavy atom. The van der Waals surface area contributed by atoms with E-state index in [1.54, 1.807) is 6.92 Å². The van der Waals surface area contributed by atoms with Crippen molar-refractivity contribution in [2.45, 2.75) is 19.4 Å². The lowest BCUT2D eigenvalue weighted by Gasteiger charge is -2.20. The number of non-ortho nitro benzene ring substituents is 1. The molecule has 0 spiro atoms. The van der Waals surface area contributed by atoms with Gasteiger partial charge in [-0.05, 0) is 19.1 Å². The van der Waals surface area contributed by atoms with Crippen LogP contribution in [0, 0.1) is 10.1 Å². The third kappa shape index (κ3) is 5.56. The molecule has 0 aromatic heterocycles. The maximum Gasteiger partial charge on any atom is 0.351 e. The van der Waals surface area contributed by atoms with E-state index in [0.717, 1.165) is 24.3 Å². The monoisotopic (exact) mass is 368 g/mol. The molecule has 0 aliphatic heterocycles. The fraction of sp³-hybridized carbons (Fsp3) is 0.455. The van der Waals surface area contributed by atoms with Gasteiger partial charge in [-0.3, -0.25) is 24.9 Å². The summed E-state index contributed by atoms with van der Waals surface area (Å²) in [5, 5.41) is 10.5. The minimum absolute atomic E-state index is 0.0566. The second-order valence-electron chi connectivity index (χ2n) is 4.15. The summed E-state index contributed by atoms with van der Waals surface area (Å²) in [6, 6.07) is 4.30. The maximum absolute atomic E-state index is 12.1. The molecule has 23 heavy (non-hydrogen) atoms. The van der Waals surface area contributed by atoms with E-state index >= 15 is 0 Å². The molecule has 0 heterocycles. The molecule has 1 aromatic rings. The predicted octanol–water partition coefficient (Wildman–Crippen LogP) is 1.81. The van der Waals surface area contributed by atoms with E-state index in [1.165, 1.54) is 6.92 Å². The lowest BCUT2D eigenvalue weighted by molar-refractivity contribution is -0.384. The number of hydrogen-bond donors (Lipinski definition) is 1. The van der Waals surface area contributed by atoms with E-state index in [1.807, 2.05) is 0 Å². The second-order valence-corrected chi connectivity index (χ2v) is 8.09. The number of nitro benzene ring substituents is 1. The van der Waals surface area contributed by atoms with Gasteiger partial charge < -0.3 is 8.71 Å². The molecular formula is C11H17N2O8PS. The number of nitrogens with zero attached hydrogens (tertiary/aromatic N) is 1. The number of nitro groups is 1. The van der Waals surface area contributed by atoms with Crippen LogP contribution in [0.25, 0.3) is 0 Å². The van der Waals surface area contributed by atoms with E-state index in [4.69, 9.17) is 14.8 Å². The minimum atomic E-state index is -4.47. The van der Waals surface area contributed by atoms with Gasteiger partial charge in [-0.25, -0.2) is 0 Å². The number of benzene rings is 1. The fourth-order valence-electron chi connectivity index (χ4n) is 1.41. The Bertz CT molecular complexity index is 690. The molecule has 2 atom stereocenters. The quantitative estimate of drug-likeness (QED) is 0.226. The van der Waals surface area contributed by atoms with E-state index in [2.05, 4.69) is 4.18 Å². The van der Waals surface area contributed by atoms with Crippen molar-refractivity contribution in [1.82, 2.24) is 0 Å². The minimum Gasteiger partial charge on any atom is -0.380 e. The van der Waals surface area contributed by atoms with Gasteiger partial charge in [0, 0.05) is 18.3 Å². The van der Waals surface area contributed by atoms with Crippen molar-refractivity contribution >= 4 is 23.4 Å². The summed E-state index contributed by atoms with van der Waals surface area (Å²) in [7, 11) is -8.13. The molecule has 0 radical (unpaired) electrons. The summed E-state index contributed by atoms with van der Waals surface area (Å²) in [5.41, 5.74) is 3.11. The van der Waals surface area contributed by atoms with Gasteiger partial charge >= 0.3 is 17.7 Å². The molecule has 0 saturated carbocycles. The van der Waals surface area contributed by atoms with Crippen molar-refractivity contribution in [2.75, 3.05) is 12.8 Å². The first-order valence-corrected chi connectivity index (χ1v) is 9.69. The maximum atomic E-state index is 12.1. The Morgan fingerprint density at radius 2 is 1.87 bits per heavy atom. The Kier molecular flexibility index (Phi) is 6.66. The van der Waals surface area contributed by atoms with Crippen molar-refractivity contribution in [3.05, 3.63) is 34.4 Å². The lowest BCUT2D eigenvalue weighted by Crippen LogP contribution is -2.36. The topological polar surface area (TPSA) is 148 Å². The van der Waals surface area contributed by atoms with Crippen molar-refractivity contribution in [3.8, 4) is 5.75 Å². The van der Waals surface area contributed by atoms with Crippen LogP contribution in [0.2, 0.25) is 0 Å².